The van der Waals surface area contributed by atoms with E-state index in [2.05, 4.69) is 6.07 Å². The van der Waals surface area contributed by atoms with Gasteiger partial charge in [-0.25, -0.2) is 9.97 Å². The molecule has 0 atom stereocenters. The highest BCUT2D eigenvalue weighted by molar-refractivity contribution is 5.87. The molecule has 0 fully saturated rings. The zero-order chi connectivity index (χ0) is 21.5. The maximum Gasteiger partial charge on any atom is 0.118 e. The number of rotatable bonds is 4. The SMILES string of the molecule is CC.COc1ccc(-c2nc3ccc(C#N)cc3nc2-c2ccc(OC)cc2)cc1. The summed E-state index contributed by atoms with van der Waals surface area (Å²) in [6, 6.07) is 22.9. The van der Waals surface area contributed by atoms with Crippen molar-refractivity contribution in [2.75, 3.05) is 14.2 Å². The maximum absolute atomic E-state index is 9.20. The first-order valence-electron chi connectivity index (χ1n) is 9.72. The van der Waals surface area contributed by atoms with Crippen LogP contribution in [-0.2, 0) is 0 Å². The number of nitrogens with zero attached hydrogens (tertiary/aromatic N) is 3. The Bertz CT molecular complexity index is 1180. The second kappa shape index (κ2) is 9.53. The molecule has 0 unspecified atom stereocenters. The lowest BCUT2D eigenvalue weighted by molar-refractivity contribution is 0.414. The lowest BCUT2D eigenvalue weighted by Gasteiger charge is -2.12. The molecule has 1 heterocycles. The van der Waals surface area contributed by atoms with Gasteiger partial charge in [-0.2, -0.15) is 5.26 Å². The Hall–Kier alpha value is -3.91. The molecule has 0 aliphatic rings. The first-order valence-corrected chi connectivity index (χ1v) is 9.72. The van der Waals surface area contributed by atoms with Crippen molar-refractivity contribution in [3.05, 3.63) is 72.3 Å². The Morgan fingerprint density at radius 1 is 0.667 bits per heavy atom. The van der Waals surface area contributed by atoms with E-state index in [1.807, 2.05) is 68.4 Å². The summed E-state index contributed by atoms with van der Waals surface area (Å²) >= 11 is 0. The minimum absolute atomic E-state index is 0.555. The molecule has 0 N–H and O–H groups in total. The van der Waals surface area contributed by atoms with Gasteiger partial charge in [0.1, 0.15) is 11.5 Å². The molecule has 0 saturated carbocycles. The predicted molar refractivity (Wildman–Crippen MR) is 120 cm³/mol. The fourth-order valence-electron chi connectivity index (χ4n) is 3.02. The van der Waals surface area contributed by atoms with E-state index in [4.69, 9.17) is 19.4 Å². The van der Waals surface area contributed by atoms with Crippen LogP contribution in [0.4, 0.5) is 0 Å². The molecule has 5 heteroatoms. The van der Waals surface area contributed by atoms with Crippen LogP contribution in [0.5, 0.6) is 11.5 Å². The van der Waals surface area contributed by atoms with Gasteiger partial charge < -0.3 is 9.47 Å². The van der Waals surface area contributed by atoms with Crippen molar-refractivity contribution >= 4 is 11.0 Å². The Morgan fingerprint density at radius 2 is 1.13 bits per heavy atom. The Balaban J connectivity index is 0.00000124. The van der Waals surface area contributed by atoms with Crippen LogP contribution in [0.2, 0.25) is 0 Å². The van der Waals surface area contributed by atoms with Gasteiger partial charge in [0.15, 0.2) is 0 Å². The van der Waals surface area contributed by atoms with E-state index in [1.165, 1.54) is 0 Å². The van der Waals surface area contributed by atoms with Crippen molar-refractivity contribution in [2.45, 2.75) is 13.8 Å². The summed E-state index contributed by atoms with van der Waals surface area (Å²) in [4.78, 5) is 9.69. The zero-order valence-electron chi connectivity index (χ0n) is 17.5. The van der Waals surface area contributed by atoms with Crippen LogP contribution >= 0.6 is 0 Å². The van der Waals surface area contributed by atoms with Crippen LogP contribution in [0.15, 0.2) is 66.7 Å². The molecule has 0 radical (unpaired) electrons. The minimum atomic E-state index is 0.555. The van der Waals surface area contributed by atoms with Crippen LogP contribution in [-0.4, -0.2) is 24.2 Å². The van der Waals surface area contributed by atoms with Crippen molar-refractivity contribution in [2.24, 2.45) is 0 Å². The second-order valence-electron chi connectivity index (χ2n) is 6.19. The van der Waals surface area contributed by atoms with E-state index in [-0.39, 0.29) is 0 Å². The highest BCUT2D eigenvalue weighted by Gasteiger charge is 2.14. The molecule has 5 nitrogen and oxygen atoms in total. The highest BCUT2D eigenvalue weighted by Crippen LogP contribution is 2.32. The molecule has 30 heavy (non-hydrogen) atoms. The Kier molecular flexibility index (Phi) is 6.61. The molecule has 4 aromatic rings. The lowest BCUT2D eigenvalue weighted by atomic mass is 10.0. The van der Waals surface area contributed by atoms with Gasteiger partial charge in [0.2, 0.25) is 0 Å². The number of ether oxygens (including phenoxy) is 2. The van der Waals surface area contributed by atoms with Crippen molar-refractivity contribution < 1.29 is 9.47 Å². The van der Waals surface area contributed by atoms with Crippen molar-refractivity contribution in [3.8, 4) is 40.1 Å². The number of benzene rings is 3. The van der Waals surface area contributed by atoms with Crippen LogP contribution in [0, 0.1) is 11.3 Å². The molecule has 0 amide bonds. The molecule has 1 aromatic heterocycles. The van der Waals surface area contributed by atoms with Gasteiger partial charge in [0.05, 0.1) is 48.3 Å². The van der Waals surface area contributed by atoms with E-state index >= 15 is 0 Å². The summed E-state index contributed by atoms with van der Waals surface area (Å²) in [5.41, 5.74) is 5.35. The summed E-state index contributed by atoms with van der Waals surface area (Å²) in [7, 11) is 3.28. The number of fused-ring (bicyclic) bond motifs is 1. The van der Waals surface area contributed by atoms with E-state index in [1.54, 1.807) is 26.4 Å². The fourth-order valence-corrected chi connectivity index (χ4v) is 3.02. The quantitative estimate of drug-likeness (QED) is 0.430. The molecule has 4 rings (SSSR count). The van der Waals surface area contributed by atoms with Gasteiger partial charge in [-0.1, -0.05) is 13.8 Å². The van der Waals surface area contributed by atoms with Crippen molar-refractivity contribution in [1.82, 2.24) is 9.97 Å². The zero-order valence-corrected chi connectivity index (χ0v) is 17.5. The van der Waals surface area contributed by atoms with Crippen molar-refractivity contribution in [3.63, 3.8) is 0 Å². The standard InChI is InChI=1S/C23H17N3O2.C2H6/c1-27-18-8-4-16(5-9-18)22-23(17-6-10-19(28-2)11-7-17)26-21-13-15(14-24)3-12-20(21)25-22;1-2/h3-13H,1-2H3;1-2H3. The first-order chi connectivity index (χ1) is 14.7. The smallest absolute Gasteiger partial charge is 0.118 e. The molecule has 0 saturated heterocycles. The molecule has 0 aliphatic heterocycles. The second-order valence-corrected chi connectivity index (χ2v) is 6.19. The fraction of sp³-hybridized carbons (Fsp3) is 0.160. The van der Waals surface area contributed by atoms with E-state index in [0.29, 0.717) is 11.1 Å². The topological polar surface area (TPSA) is 68.0 Å². The van der Waals surface area contributed by atoms with Crippen LogP contribution in [0.25, 0.3) is 33.5 Å². The lowest BCUT2D eigenvalue weighted by Crippen LogP contribution is -1.96. The largest absolute Gasteiger partial charge is 0.497 e. The van der Waals surface area contributed by atoms with Gasteiger partial charge in [-0.15, -0.1) is 0 Å². The number of nitriles is 1. The Morgan fingerprint density at radius 3 is 1.57 bits per heavy atom. The summed E-state index contributed by atoms with van der Waals surface area (Å²) < 4.78 is 10.5. The van der Waals surface area contributed by atoms with Crippen LogP contribution in [0.3, 0.4) is 0 Å². The molecule has 0 bridgehead atoms. The predicted octanol–water partition coefficient (Wildman–Crippen LogP) is 5.88. The average Bonchev–Trinajstić information content (AvgIpc) is 2.84. The number of methoxy groups -OCH3 is 2. The molecular formula is C25H23N3O2. The summed E-state index contributed by atoms with van der Waals surface area (Å²) in [5, 5.41) is 9.20. The monoisotopic (exact) mass is 397 g/mol. The van der Waals surface area contributed by atoms with Crippen LogP contribution in [0.1, 0.15) is 19.4 Å². The normalized spacial score (nSPS) is 9.97. The maximum atomic E-state index is 9.20. The van der Waals surface area contributed by atoms with Gasteiger partial charge in [0.25, 0.3) is 0 Å². The third-order valence-corrected chi connectivity index (χ3v) is 4.52. The van der Waals surface area contributed by atoms with Crippen molar-refractivity contribution in [1.29, 1.82) is 5.26 Å². The summed E-state index contributed by atoms with van der Waals surface area (Å²) in [5.74, 6) is 1.55. The third-order valence-electron chi connectivity index (χ3n) is 4.52. The van der Waals surface area contributed by atoms with Gasteiger partial charge >= 0.3 is 0 Å². The summed E-state index contributed by atoms with van der Waals surface area (Å²) in [6.07, 6.45) is 0. The molecule has 0 aliphatic carbocycles. The minimum Gasteiger partial charge on any atom is -0.497 e. The van der Waals surface area contributed by atoms with Gasteiger partial charge in [-0.3, -0.25) is 0 Å². The number of aromatic nitrogens is 2. The van der Waals surface area contributed by atoms with E-state index in [9.17, 15) is 5.26 Å². The number of hydrogen-bond donors (Lipinski definition) is 0. The van der Waals surface area contributed by atoms with Gasteiger partial charge in [-0.05, 0) is 66.7 Å². The molecule has 3 aromatic carbocycles. The van der Waals surface area contributed by atoms with E-state index in [0.717, 1.165) is 39.5 Å². The molecule has 0 spiro atoms. The van der Waals surface area contributed by atoms with E-state index < -0.39 is 0 Å². The van der Waals surface area contributed by atoms with Crippen LogP contribution < -0.4 is 9.47 Å². The molecular weight excluding hydrogens is 374 g/mol. The average molecular weight is 397 g/mol. The van der Waals surface area contributed by atoms with Gasteiger partial charge in [0, 0.05) is 11.1 Å². The first kappa shape index (κ1) is 20.8. The highest BCUT2D eigenvalue weighted by atomic mass is 16.5. The molecule has 150 valence electrons. The number of hydrogen-bond acceptors (Lipinski definition) is 5. The third kappa shape index (κ3) is 4.23. The Labute approximate surface area is 176 Å². The summed E-state index contributed by atoms with van der Waals surface area (Å²) in [6.45, 7) is 4.00.